The minimum atomic E-state index is -2.81. The number of carbonyl (C=O) groups is 1. The van der Waals surface area contributed by atoms with E-state index in [1.807, 2.05) is 4.90 Å². The Morgan fingerprint density at radius 2 is 1.88 bits per heavy atom. The lowest BCUT2D eigenvalue weighted by molar-refractivity contribution is 0.0387. The molecule has 1 aromatic carbocycles. The number of hydrogen-bond acceptors (Lipinski definition) is 9. The lowest BCUT2D eigenvalue weighted by Gasteiger charge is -2.39. The molecule has 2 aliphatic heterocycles. The minimum absolute atomic E-state index is 0.0890. The number of morpholine rings is 1. The molecule has 0 saturated carbocycles. The van der Waals surface area contributed by atoms with Gasteiger partial charge in [0, 0.05) is 50.4 Å². The Bertz CT molecular complexity index is 1500. The summed E-state index contributed by atoms with van der Waals surface area (Å²) in [6.07, 6.45) is -1.31. The molecule has 0 radical (unpaired) electrons. The third-order valence-corrected chi connectivity index (χ3v) is 6.89. The van der Waals surface area contributed by atoms with E-state index in [2.05, 4.69) is 19.9 Å². The molecule has 3 aromatic heterocycles. The number of halogens is 2. The number of benzene rings is 1. The van der Waals surface area contributed by atoms with E-state index in [1.165, 1.54) is 17.9 Å². The number of amides is 1. The fraction of sp³-hybridized carbons (Fsp3) is 0.370. The number of carbonyl (C=O) groups excluding carboxylic acids is 1. The van der Waals surface area contributed by atoms with E-state index in [-0.39, 0.29) is 23.5 Å². The molecular formula is C27H27F2N7O4. The van der Waals surface area contributed by atoms with E-state index < -0.39 is 12.2 Å². The number of fused-ring (bicyclic) bond motifs is 1. The molecule has 0 spiro atoms. The van der Waals surface area contributed by atoms with Crippen molar-refractivity contribution < 1.29 is 27.8 Å². The zero-order chi connectivity index (χ0) is 27.6. The van der Waals surface area contributed by atoms with Gasteiger partial charge in [0.15, 0.2) is 5.82 Å². The summed E-state index contributed by atoms with van der Waals surface area (Å²) in [6.45, 7) is 3.48. The number of imidazole rings is 1. The van der Waals surface area contributed by atoms with E-state index in [9.17, 15) is 13.6 Å². The quantitative estimate of drug-likeness (QED) is 0.326. The zero-order valence-electron chi connectivity index (χ0n) is 21.7. The first-order chi connectivity index (χ1) is 19.5. The van der Waals surface area contributed by atoms with Gasteiger partial charge >= 0.3 is 0 Å². The molecule has 2 saturated heterocycles. The van der Waals surface area contributed by atoms with Crippen LogP contribution in [0.5, 0.6) is 11.8 Å². The second-order valence-electron chi connectivity index (χ2n) is 9.54. The number of pyridine rings is 1. The summed E-state index contributed by atoms with van der Waals surface area (Å²) in [5, 5.41) is 0. The van der Waals surface area contributed by atoms with Gasteiger partial charge in [-0.2, -0.15) is 9.97 Å². The average Bonchev–Trinajstić information content (AvgIpc) is 3.37. The van der Waals surface area contributed by atoms with Crippen LogP contribution in [-0.2, 0) is 4.74 Å². The second-order valence-corrected chi connectivity index (χ2v) is 9.54. The van der Waals surface area contributed by atoms with Crippen molar-refractivity contribution in [3.05, 3.63) is 60.0 Å². The Kier molecular flexibility index (Phi) is 7.11. The van der Waals surface area contributed by atoms with Gasteiger partial charge in [-0.1, -0.05) is 12.1 Å². The Labute approximate surface area is 228 Å². The van der Waals surface area contributed by atoms with Crippen molar-refractivity contribution in [2.75, 3.05) is 58.0 Å². The van der Waals surface area contributed by atoms with Crippen molar-refractivity contribution in [3.8, 4) is 17.6 Å². The maximum Gasteiger partial charge on any atom is 0.296 e. The largest absolute Gasteiger partial charge is 0.481 e. The molecular weight excluding hydrogens is 524 g/mol. The molecule has 0 atom stereocenters. The minimum Gasteiger partial charge on any atom is -0.481 e. The molecule has 4 aromatic rings. The standard InChI is InChI=1S/C27H27F2N7O4/c1-38-22-7-6-18(13-30-22)26(37)35-14-17(15-35)16-40-23-12-21(32-27(33-23)34-8-10-39-11-9-34)36-20-5-3-2-4-19(20)31-25(36)24(28)29/h2-7,12-13,17,24H,8-11,14-16H2,1H3. The van der Waals surface area contributed by atoms with Gasteiger partial charge < -0.3 is 24.0 Å². The van der Waals surface area contributed by atoms with Gasteiger partial charge in [0.05, 0.1) is 43.5 Å². The summed E-state index contributed by atoms with van der Waals surface area (Å²) in [6, 6.07) is 11.8. The number of alkyl halides is 2. The van der Waals surface area contributed by atoms with Gasteiger partial charge in [0.2, 0.25) is 17.7 Å². The average molecular weight is 552 g/mol. The summed E-state index contributed by atoms with van der Waals surface area (Å²) in [5.41, 5.74) is 1.44. The number of anilines is 1. The molecule has 1 amide bonds. The van der Waals surface area contributed by atoms with Crippen molar-refractivity contribution >= 4 is 22.9 Å². The van der Waals surface area contributed by atoms with Crippen molar-refractivity contribution in [2.45, 2.75) is 6.43 Å². The lowest BCUT2D eigenvalue weighted by atomic mass is 10.0. The molecule has 0 aliphatic carbocycles. The number of hydrogen-bond donors (Lipinski definition) is 0. The molecule has 2 aliphatic rings. The third-order valence-electron chi connectivity index (χ3n) is 6.89. The van der Waals surface area contributed by atoms with Gasteiger partial charge in [-0.05, 0) is 18.2 Å². The summed E-state index contributed by atoms with van der Waals surface area (Å²) in [4.78, 5) is 33.8. The first-order valence-corrected chi connectivity index (χ1v) is 12.9. The number of likely N-dealkylation sites (tertiary alicyclic amines) is 1. The normalized spacial score (nSPS) is 15.9. The second kappa shape index (κ2) is 11.0. The summed E-state index contributed by atoms with van der Waals surface area (Å²) in [7, 11) is 1.52. The van der Waals surface area contributed by atoms with Crippen molar-refractivity contribution in [1.82, 2.24) is 29.4 Å². The molecule has 5 heterocycles. The molecule has 208 valence electrons. The van der Waals surface area contributed by atoms with E-state index >= 15 is 0 Å². The summed E-state index contributed by atoms with van der Waals surface area (Å²) in [5.74, 6) is 0.882. The van der Waals surface area contributed by atoms with Crippen LogP contribution >= 0.6 is 0 Å². The first kappa shape index (κ1) is 25.9. The molecule has 6 rings (SSSR count). The van der Waals surface area contributed by atoms with Crippen molar-refractivity contribution in [2.24, 2.45) is 5.92 Å². The van der Waals surface area contributed by atoms with Crippen LogP contribution in [0.3, 0.4) is 0 Å². The molecule has 11 nitrogen and oxygen atoms in total. The number of para-hydroxylation sites is 2. The molecule has 2 fully saturated rings. The Hall–Kier alpha value is -4.39. The van der Waals surface area contributed by atoms with Crippen LogP contribution < -0.4 is 14.4 Å². The molecule has 40 heavy (non-hydrogen) atoms. The van der Waals surface area contributed by atoms with Crippen LogP contribution in [0.4, 0.5) is 14.7 Å². The fourth-order valence-corrected chi connectivity index (χ4v) is 4.78. The highest BCUT2D eigenvalue weighted by Crippen LogP contribution is 2.30. The molecule has 13 heteroatoms. The fourth-order valence-electron chi connectivity index (χ4n) is 4.78. The third kappa shape index (κ3) is 5.11. The van der Waals surface area contributed by atoms with E-state index in [0.717, 1.165) is 0 Å². The maximum atomic E-state index is 14.0. The topological polar surface area (TPSA) is 108 Å². The number of rotatable bonds is 8. The number of ether oxygens (including phenoxy) is 3. The van der Waals surface area contributed by atoms with Crippen LogP contribution in [-0.4, -0.2) is 88.4 Å². The highest BCUT2D eigenvalue weighted by molar-refractivity contribution is 5.94. The smallest absolute Gasteiger partial charge is 0.296 e. The highest BCUT2D eigenvalue weighted by Gasteiger charge is 2.32. The van der Waals surface area contributed by atoms with Crippen LogP contribution in [0.15, 0.2) is 48.7 Å². The number of methoxy groups -OCH3 is 1. The zero-order valence-corrected chi connectivity index (χ0v) is 21.7. The Morgan fingerprint density at radius 1 is 1.07 bits per heavy atom. The first-order valence-electron chi connectivity index (χ1n) is 12.9. The Balaban J connectivity index is 1.22. The SMILES string of the molecule is COc1ccc(C(=O)N2CC(COc3cc(-n4c(C(F)F)nc5ccccc54)nc(N4CCOCC4)n3)C2)cn1. The molecule has 0 bridgehead atoms. The van der Waals surface area contributed by atoms with E-state index in [4.69, 9.17) is 14.2 Å². The maximum absolute atomic E-state index is 14.0. The van der Waals surface area contributed by atoms with Gasteiger partial charge in [-0.3, -0.25) is 9.36 Å². The van der Waals surface area contributed by atoms with Crippen LogP contribution in [0, 0.1) is 5.92 Å². The summed E-state index contributed by atoms with van der Waals surface area (Å²) >= 11 is 0. The molecule has 0 N–H and O–H groups in total. The van der Waals surface area contributed by atoms with Gasteiger partial charge in [0.1, 0.15) is 5.82 Å². The predicted molar refractivity (Wildman–Crippen MR) is 140 cm³/mol. The van der Waals surface area contributed by atoms with E-state index in [0.29, 0.717) is 74.4 Å². The van der Waals surface area contributed by atoms with Gasteiger partial charge in [-0.15, -0.1) is 0 Å². The van der Waals surface area contributed by atoms with Gasteiger partial charge in [-0.25, -0.2) is 18.7 Å². The van der Waals surface area contributed by atoms with Crippen LogP contribution in [0.25, 0.3) is 16.9 Å². The predicted octanol–water partition coefficient (Wildman–Crippen LogP) is 3.14. The van der Waals surface area contributed by atoms with E-state index in [1.54, 1.807) is 47.4 Å². The van der Waals surface area contributed by atoms with Crippen molar-refractivity contribution in [1.29, 1.82) is 0 Å². The van der Waals surface area contributed by atoms with Crippen LogP contribution in [0.2, 0.25) is 0 Å². The van der Waals surface area contributed by atoms with Crippen molar-refractivity contribution in [3.63, 3.8) is 0 Å². The molecule has 0 unspecified atom stereocenters. The van der Waals surface area contributed by atoms with Gasteiger partial charge in [0.25, 0.3) is 12.3 Å². The number of nitrogens with zero attached hydrogens (tertiary/aromatic N) is 7. The Morgan fingerprint density at radius 3 is 2.60 bits per heavy atom. The summed E-state index contributed by atoms with van der Waals surface area (Å²) < 4.78 is 46.0. The lowest BCUT2D eigenvalue weighted by Crippen LogP contribution is -2.52. The number of aromatic nitrogens is 5. The monoisotopic (exact) mass is 551 g/mol. The highest BCUT2D eigenvalue weighted by atomic mass is 19.3. The van der Waals surface area contributed by atoms with Crippen LogP contribution in [0.1, 0.15) is 22.6 Å².